The van der Waals surface area contributed by atoms with Crippen molar-refractivity contribution in [1.29, 1.82) is 0 Å². The Labute approximate surface area is 90.8 Å². The quantitative estimate of drug-likeness (QED) is 0.759. The molecule has 0 amide bonds. The average Bonchev–Trinajstić information content (AvgIpc) is 2.64. The number of hydrogen-bond donors (Lipinski definition) is 0. The van der Waals surface area contributed by atoms with Crippen molar-refractivity contribution < 1.29 is 26.9 Å². The minimum Gasteiger partial charge on any atom is -0.461 e. The molecule has 5 nitrogen and oxygen atoms in total. The maximum atomic E-state index is 12.0. The van der Waals surface area contributed by atoms with Gasteiger partial charge >= 0.3 is 11.5 Å². The second-order valence-electron chi connectivity index (χ2n) is 2.52. The van der Waals surface area contributed by atoms with Gasteiger partial charge in [-0.1, -0.05) is 0 Å². The van der Waals surface area contributed by atoms with Crippen LogP contribution < -0.4 is 0 Å². The van der Waals surface area contributed by atoms with Crippen LogP contribution in [0.15, 0.2) is 12.3 Å². The van der Waals surface area contributed by atoms with E-state index in [1.165, 1.54) is 0 Å². The van der Waals surface area contributed by atoms with Crippen molar-refractivity contribution in [3.05, 3.63) is 18.0 Å². The summed E-state index contributed by atoms with van der Waals surface area (Å²) in [5, 5.41) is 3.22. The molecule has 0 radical (unpaired) electrons. The number of hydrogen-bond acceptors (Lipinski definition) is 4. The van der Waals surface area contributed by atoms with Crippen LogP contribution in [0.1, 0.15) is 17.4 Å². The summed E-state index contributed by atoms with van der Waals surface area (Å²) in [5.74, 6) is -0.861. The first kappa shape index (κ1) is 12.7. The maximum Gasteiger partial charge on any atom is 0.492 e. The lowest BCUT2D eigenvalue weighted by Crippen LogP contribution is -2.23. The van der Waals surface area contributed by atoms with Crippen molar-refractivity contribution >= 4 is 17.0 Å². The smallest absolute Gasteiger partial charge is 0.461 e. The lowest BCUT2D eigenvalue weighted by atomic mass is 10.4. The Morgan fingerprint density at radius 3 is 2.75 bits per heavy atom. The molecule has 0 spiro atoms. The SMILES string of the molecule is CCOC(=O)c1ccn(S(=O)C(F)(F)F)n1. The van der Waals surface area contributed by atoms with Crippen LogP contribution in [0.25, 0.3) is 0 Å². The number of aromatic nitrogens is 2. The Balaban J connectivity index is 2.87. The first-order valence-electron chi connectivity index (χ1n) is 4.08. The first-order valence-corrected chi connectivity index (χ1v) is 5.18. The molecule has 0 aliphatic rings. The monoisotopic (exact) mass is 256 g/mol. The Morgan fingerprint density at radius 2 is 2.25 bits per heavy atom. The van der Waals surface area contributed by atoms with Crippen LogP contribution in [0.4, 0.5) is 13.2 Å². The average molecular weight is 256 g/mol. The number of ether oxygens (including phenoxy) is 1. The highest BCUT2D eigenvalue weighted by molar-refractivity contribution is 7.84. The molecule has 0 saturated carbocycles. The molecule has 0 aliphatic heterocycles. The Morgan fingerprint density at radius 1 is 1.62 bits per heavy atom. The van der Waals surface area contributed by atoms with E-state index in [9.17, 15) is 22.2 Å². The van der Waals surface area contributed by atoms with Gasteiger partial charge in [-0.3, -0.25) is 0 Å². The molecule has 1 rings (SSSR count). The van der Waals surface area contributed by atoms with E-state index in [2.05, 4.69) is 9.84 Å². The molecule has 0 N–H and O–H groups in total. The fourth-order valence-corrected chi connectivity index (χ4v) is 1.37. The summed E-state index contributed by atoms with van der Waals surface area (Å²) >= 11 is 0. The molecule has 90 valence electrons. The highest BCUT2D eigenvalue weighted by Crippen LogP contribution is 2.20. The minimum absolute atomic E-state index is 0.0774. The van der Waals surface area contributed by atoms with E-state index < -0.39 is 22.5 Å². The molecule has 9 heteroatoms. The fraction of sp³-hybridized carbons (Fsp3) is 0.429. The topological polar surface area (TPSA) is 61.2 Å². The maximum absolute atomic E-state index is 12.0. The van der Waals surface area contributed by atoms with Gasteiger partial charge in [0.05, 0.1) is 6.61 Å². The molecule has 0 fully saturated rings. The molecule has 0 aliphatic carbocycles. The van der Waals surface area contributed by atoms with Gasteiger partial charge in [-0.15, -0.1) is 0 Å². The summed E-state index contributed by atoms with van der Waals surface area (Å²) in [6.45, 7) is 1.62. The molecule has 1 heterocycles. The zero-order chi connectivity index (χ0) is 12.3. The van der Waals surface area contributed by atoms with Gasteiger partial charge in [0.15, 0.2) is 5.69 Å². The summed E-state index contributed by atoms with van der Waals surface area (Å²) in [4.78, 5) is 11.1. The number of halogens is 3. The molecule has 1 atom stereocenters. The number of nitrogens with zero attached hydrogens (tertiary/aromatic N) is 2. The first-order chi connectivity index (χ1) is 7.36. The summed E-state index contributed by atoms with van der Waals surface area (Å²) in [6.07, 6.45) is 0.801. The largest absolute Gasteiger partial charge is 0.492 e. The number of rotatable bonds is 3. The van der Waals surface area contributed by atoms with Gasteiger partial charge in [-0.2, -0.15) is 22.4 Å². The third-order valence-corrected chi connectivity index (χ3v) is 2.36. The molecule has 0 aromatic carbocycles. The standard InChI is InChI=1S/C7H7F3N2O3S/c1-2-15-6(13)5-3-4-12(11-5)16(14)7(8,9)10/h3-4H,2H2,1H3. The lowest BCUT2D eigenvalue weighted by molar-refractivity contribution is -0.0396. The number of carbonyl (C=O) groups is 1. The number of alkyl halides is 3. The second kappa shape index (κ2) is 4.64. The van der Waals surface area contributed by atoms with E-state index >= 15 is 0 Å². The van der Waals surface area contributed by atoms with Crippen molar-refractivity contribution in [1.82, 2.24) is 9.19 Å². The van der Waals surface area contributed by atoms with E-state index in [1.807, 2.05) is 0 Å². The summed E-state index contributed by atoms with van der Waals surface area (Å²) in [7, 11) is -3.30. The van der Waals surface area contributed by atoms with Gasteiger partial charge in [0.2, 0.25) is 11.0 Å². The highest BCUT2D eigenvalue weighted by Gasteiger charge is 2.39. The zero-order valence-corrected chi connectivity index (χ0v) is 8.84. The summed E-state index contributed by atoms with van der Waals surface area (Å²) < 4.78 is 51.5. The predicted molar refractivity (Wildman–Crippen MR) is 47.8 cm³/mol. The summed E-state index contributed by atoms with van der Waals surface area (Å²) in [5.41, 5.74) is -5.24. The third-order valence-electron chi connectivity index (χ3n) is 1.42. The fourth-order valence-electron chi connectivity index (χ4n) is 0.820. The van der Waals surface area contributed by atoms with E-state index in [0.29, 0.717) is 0 Å². The Bertz CT molecular complexity index is 415. The van der Waals surface area contributed by atoms with Crippen molar-refractivity contribution in [2.45, 2.75) is 12.4 Å². The Hall–Kier alpha value is -1.38. The molecule has 16 heavy (non-hydrogen) atoms. The molecular weight excluding hydrogens is 249 g/mol. The van der Waals surface area contributed by atoms with Crippen LogP contribution in [0, 0.1) is 0 Å². The van der Waals surface area contributed by atoms with Crippen molar-refractivity contribution in [2.75, 3.05) is 6.61 Å². The van der Waals surface area contributed by atoms with Gasteiger partial charge in [0.1, 0.15) is 0 Å². The third kappa shape index (κ3) is 2.81. The number of esters is 1. The van der Waals surface area contributed by atoms with Crippen LogP contribution in [0.2, 0.25) is 0 Å². The van der Waals surface area contributed by atoms with Crippen molar-refractivity contribution in [3.8, 4) is 0 Å². The molecule has 1 aromatic heterocycles. The van der Waals surface area contributed by atoms with Crippen LogP contribution in [0.5, 0.6) is 0 Å². The lowest BCUT2D eigenvalue weighted by Gasteiger charge is -2.04. The zero-order valence-electron chi connectivity index (χ0n) is 8.02. The van der Waals surface area contributed by atoms with Crippen LogP contribution in [0.3, 0.4) is 0 Å². The van der Waals surface area contributed by atoms with Gasteiger partial charge in [0, 0.05) is 6.20 Å². The molecule has 1 aromatic rings. The van der Waals surface area contributed by atoms with E-state index in [4.69, 9.17) is 0 Å². The minimum atomic E-state index is -4.92. The highest BCUT2D eigenvalue weighted by atomic mass is 32.2. The van der Waals surface area contributed by atoms with Crippen molar-refractivity contribution in [2.24, 2.45) is 0 Å². The van der Waals surface area contributed by atoms with E-state index in [1.54, 1.807) is 6.92 Å². The molecule has 0 saturated heterocycles. The van der Waals surface area contributed by atoms with Crippen LogP contribution >= 0.6 is 0 Å². The normalized spacial score (nSPS) is 13.5. The van der Waals surface area contributed by atoms with E-state index in [0.717, 1.165) is 12.3 Å². The second-order valence-corrected chi connectivity index (χ2v) is 3.85. The van der Waals surface area contributed by atoms with Gasteiger partial charge in [-0.25, -0.2) is 9.00 Å². The Kier molecular flexibility index (Phi) is 3.68. The molecular formula is C7H7F3N2O3S. The number of carbonyl (C=O) groups excluding carboxylic acids is 1. The van der Waals surface area contributed by atoms with Crippen LogP contribution in [-0.4, -0.2) is 31.5 Å². The van der Waals surface area contributed by atoms with Gasteiger partial charge in [-0.05, 0) is 13.0 Å². The van der Waals surface area contributed by atoms with Gasteiger partial charge in [0.25, 0.3) is 0 Å². The predicted octanol–water partition coefficient (Wildman–Crippen LogP) is 1.09. The van der Waals surface area contributed by atoms with E-state index in [-0.39, 0.29) is 16.4 Å². The van der Waals surface area contributed by atoms with Crippen LogP contribution in [-0.2, 0) is 15.7 Å². The summed E-state index contributed by atoms with van der Waals surface area (Å²) in [6, 6.07) is 1.00. The molecule has 1 unspecified atom stereocenters. The van der Waals surface area contributed by atoms with Crippen molar-refractivity contribution in [3.63, 3.8) is 0 Å². The molecule has 0 bridgehead atoms. The van der Waals surface area contributed by atoms with Gasteiger partial charge < -0.3 is 4.74 Å².